The van der Waals surface area contributed by atoms with E-state index in [1.165, 1.54) is 149 Å². The summed E-state index contributed by atoms with van der Waals surface area (Å²) in [5, 5.41) is 0. The maximum Gasteiger partial charge on any atom is 0.187 e. The van der Waals surface area contributed by atoms with Crippen molar-refractivity contribution in [1.82, 2.24) is 0 Å². The third-order valence-electron chi connectivity index (χ3n) is 19.3. The van der Waals surface area contributed by atoms with Crippen LogP contribution in [-0.4, -0.2) is 410 Å². The van der Waals surface area contributed by atoms with Crippen LogP contribution in [0.5, 0.6) is 0 Å². The molecule has 21 saturated heterocycles. The molecule has 21 rings (SSSR count). The van der Waals surface area contributed by atoms with Gasteiger partial charge in [0, 0.05) is 149 Å². The Balaban J connectivity index is 1.23. The zero-order valence-electron chi connectivity index (χ0n) is 60.4. The number of ether oxygens (including phenoxy) is 35. The lowest BCUT2D eigenvalue weighted by Crippen LogP contribution is -2.69. The zero-order valence-corrected chi connectivity index (χ0v) is 60.4. The molecule has 0 aliphatic carbocycles. The van der Waals surface area contributed by atoms with Gasteiger partial charge in [-0.1, -0.05) is 0 Å². The lowest BCUT2D eigenvalue weighted by molar-refractivity contribution is -0.402. The quantitative estimate of drug-likeness (QED) is 0.0805. The molecule has 0 aromatic rings. The normalized spacial score (nSPS) is 46.1. The molecular weight excluding hydrogens is 1340 g/mol. The standard InChI is InChI=1S/C63H112O35/c1-64-22-29-36-43(71-8)50(78-15)57(85-29)93-37-30(23-65-2)87-59(52(80-17)44(37)72-9)95-39-32(25-67-4)89-61(54(82-19)46(39)74-11)97-41-34(27-69-6)91-63(56(84-21)48(41)76-13)98-42-35(28-70-7)90-62(55(83-20)49(42)77-14)96-40-33(26-68-5)88-60(53(81-18)47(40)75-12)94-38-31(24-66-3)86-58(92-36)51(79-16)45(38)73-10/h29-63H,22-28H2,1-21H3/t29-,30-,31-,32-,33-,34-,35-,36-,37-,38-,39-,40-,41-,42-,43+,44+,45+,46+,47+,48+,49+,50-,51-,52-,53-,54-,55-,56-,57-,58-,59-,60-,61-,62-,63-/m1/s1/i1+1,2+1,3+1,4+1,5+1,6+1,7+1,8+1,9+1,10+1,11+1,12+1,13+1,14+1,15+1,16+1,17+1,18+1,19+1,20+1,21+1. The molecule has 0 spiro atoms. The summed E-state index contributed by atoms with van der Waals surface area (Å²) in [5.41, 5.74) is 0. The molecule has 21 aliphatic heterocycles. The molecule has 0 saturated carbocycles. The van der Waals surface area contributed by atoms with Crippen molar-refractivity contribution in [3.63, 3.8) is 0 Å². The second kappa shape index (κ2) is 40.4. The van der Waals surface area contributed by atoms with E-state index in [1.54, 1.807) is 0 Å². The lowest BCUT2D eigenvalue weighted by atomic mass is 9.94. The van der Waals surface area contributed by atoms with Gasteiger partial charge in [-0.2, -0.15) is 0 Å². The smallest absolute Gasteiger partial charge is 0.187 e. The van der Waals surface area contributed by atoms with E-state index in [4.69, 9.17) is 166 Å². The van der Waals surface area contributed by atoms with Crippen LogP contribution in [0.25, 0.3) is 0 Å². The van der Waals surface area contributed by atoms with E-state index in [-0.39, 0.29) is 46.2 Å². The highest BCUT2D eigenvalue weighted by Crippen LogP contribution is 2.43. The van der Waals surface area contributed by atoms with Crippen LogP contribution in [-0.2, 0) is 166 Å². The maximum absolute atomic E-state index is 7.03. The van der Waals surface area contributed by atoms with Gasteiger partial charge in [0.2, 0.25) is 0 Å². The highest BCUT2D eigenvalue weighted by Gasteiger charge is 2.62. The van der Waals surface area contributed by atoms with Gasteiger partial charge >= 0.3 is 0 Å². The number of methoxy groups -OCH3 is 21. The van der Waals surface area contributed by atoms with Gasteiger partial charge in [0.15, 0.2) is 44.0 Å². The fraction of sp³-hybridized carbons (Fsp3) is 1.00. The number of rotatable bonds is 28. The summed E-state index contributed by atoms with van der Waals surface area (Å²) < 4.78 is 226. The fourth-order valence-electron chi connectivity index (χ4n) is 14.9. The van der Waals surface area contributed by atoms with Crippen molar-refractivity contribution in [3.8, 4) is 0 Å². The van der Waals surface area contributed by atoms with Crippen LogP contribution in [0, 0.1) is 0 Å². The van der Waals surface area contributed by atoms with Crippen molar-refractivity contribution in [2.75, 3.05) is 196 Å². The summed E-state index contributed by atoms with van der Waals surface area (Å²) in [7, 11) is 31.7. The van der Waals surface area contributed by atoms with Gasteiger partial charge in [-0.25, -0.2) is 0 Å². The Labute approximate surface area is 574 Å². The summed E-state index contributed by atoms with van der Waals surface area (Å²) in [6.45, 7) is -0.267. The summed E-state index contributed by atoms with van der Waals surface area (Å²) >= 11 is 0. The van der Waals surface area contributed by atoms with E-state index in [0.717, 1.165) is 0 Å². The van der Waals surface area contributed by atoms with Gasteiger partial charge in [0.25, 0.3) is 0 Å². The lowest BCUT2D eigenvalue weighted by Gasteiger charge is -2.52. The number of hydrogen-bond acceptors (Lipinski definition) is 35. The second-order valence-electron chi connectivity index (χ2n) is 24.5. The van der Waals surface area contributed by atoms with Crippen molar-refractivity contribution in [2.45, 2.75) is 215 Å². The third kappa shape index (κ3) is 17.8. The van der Waals surface area contributed by atoms with Crippen molar-refractivity contribution in [1.29, 1.82) is 0 Å². The SMILES string of the molecule is [13CH3]OC[C@H]1O[C@@H]2O[C@H]3[C@H](O[13CH3])[C@@H](O[13CH3])[C@@H](O[C@H]4[C@H](O[13CH3])[C@@H](O[13CH3])[C@@H](O[C@H]5[C@H](O[13CH3])[C@@H](O[13CH3])[C@@H](O[C@H]6[C@H](O[13CH3])[C@@H](O[13CH3])[C@@H](O[C@H]7[C@H](O[13CH3])[C@@H](O[13CH3])[C@@H](O[C@H]8[C@H](O[13CH3])[C@@H](O[13CH3])[C@@H](O[C@H]1[C@H](O[13CH3])[C@H]2O[13CH3])O[C@@H]8CO[13CH3])O[C@@H]7CO[13CH3])O[C@@H]6CO[13CH3])O[C@@H]5CO[13CH3])O[C@@H]4CO[13CH3])O[C@@H]3CO[13CH3]. The molecule has 35 heteroatoms. The van der Waals surface area contributed by atoms with E-state index < -0.39 is 215 Å². The first kappa shape index (κ1) is 82.3. The highest BCUT2D eigenvalue weighted by molar-refractivity contribution is 5.04. The topological polar surface area (TPSA) is 323 Å². The first-order valence-corrected chi connectivity index (χ1v) is 32.7. The molecule has 0 N–H and O–H groups in total. The summed E-state index contributed by atoms with van der Waals surface area (Å²) in [6.07, 6.45) is -35.9. The predicted molar refractivity (Wildman–Crippen MR) is 329 cm³/mol. The van der Waals surface area contributed by atoms with E-state index in [2.05, 4.69) is 0 Å². The summed E-state index contributed by atoms with van der Waals surface area (Å²) in [6, 6.07) is 0. The second-order valence-corrected chi connectivity index (χ2v) is 24.5. The minimum atomic E-state index is -1.22. The van der Waals surface area contributed by atoms with E-state index in [9.17, 15) is 0 Å². The largest absolute Gasteiger partial charge is 0.382 e. The van der Waals surface area contributed by atoms with Crippen molar-refractivity contribution in [3.05, 3.63) is 0 Å². The molecule has 0 unspecified atom stereocenters. The fourth-order valence-corrected chi connectivity index (χ4v) is 14.9. The molecular formula is C63H112O35. The van der Waals surface area contributed by atoms with Crippen molar-refractivity contribution < 1.29 is 166 Å². The molecule has 0 aromatic carbocycles. The molecule has 21 heterocycles. The minimum absolute atomic E-state index is 0.0381. The molecule has 21 fully saturated rings. The minimum Gasteiger partial charge on any atom is -0.382 e. The maximum atomic E-state index is 7.03. The van der Waals surface area contributed by atoms with Gasteiger partial charge in [0.1, 0.15) is 171 Å². The van der Waals surface area contributed by atoms with E-state index >= 15 is 0 Å². The number of hydrogen-bond donors (Lipinski definition) is 0. The molecule has 35 nitrogen and oxygen atoms in total. The Morgan fingerprint density at radius 2 is 0.245 bits per heavy atom. The van der Waals surface area contributed by atoms with Crippen LogP contribution in [0.3, 0.4) is 0 Å². The summed E-state index contributed by atoms with van der Waals surface area (Å²) in [4.78, 5) is 0. The first-order valence-electron chi connectivity index (χ1n) is 32.7. The zero-order chi connectivity index (χ0) is 70.9. The van der Waals surface area contributed by atoms with Crippen molar-refractivity contribution >= 4 is 0 Å². The molecule has 0 aromatic heterocycles. The molecule has 14 bridgehead atoms. The van der Waals surface area contributed by atoms with Crippen LogP contribution >= 0.6 is 0 Å². The van der Waals surface area contributed by atoms with Crippen LogP contribution in [0.15, 0.2) is 0 Å². The third-order valence-corrected chi connectivity index (χ3v) is 19.3. The Hall–Kier alpha value is -1.40. The van der Waals surface area contributed by atoms with Crippen LogP contribution < -0.4 is 0 Å². The van der Waals surface area contributed by atoms with Crippen molar-refractivity contribution in [2.24, 2.45) is 0 Å². The van der Waals surface area contributed by atoms with Gasteiger partial charge in [-0.3, -0.25) is 0 Å². The predicted octanol–water partition coefficient (Wildman–Crippen LogP) is -1.49. The van der Waals surface area contributed by atoms with Gasteiger partial charge in [-0.05, 0) is 0 Å². The molecule has 98 heavy (non-hydrogen) atoms. The average molecular weight is 1450 g/mol. The molecule has 35 atom stereocenters. The van der Waals surface area contributed by atoms with Crippen LogP contribution in [0.2, 0.25) is 0 Å². The highest BCUT2D eigenvalue weighted by atomic mass is 16.8. The Kier molecular flexibility index (Phi) is 33.9. The molecule has 21 aliphatic rings. The molecule has 0 radical (unpaired) electrons. The summed E-state index contributed by atoms with van der Waals surface area (Å²) in [5.74, 6) is 0. The van der Waals surface area contributed by atoms with Gasteiger partial charge in [0.05, 0.1) is 46.2 Å². The Morgan fingerprint density at radius 1 is 0.143 bits per heavy atom. The molecule has 0 amide bonds. The van der Waals surface area contributed by atoms with E-state index in [0.29, 0.717) is 0 Å². The average Bonchev–Trinajstić information content (AvgIpc) is 0.775. The van der Waals surface area contributed by atoms with E-state index in [1.807, 2.05) is 0 Å². The van der Waals surface area contributed by atoms with Crippen LogP contribution in [0.4, 0.5) is 0 Å². The van der Waals surface area contributed by atoms with Gasteiger partial charge < -0.3 is 166 Å². The Bertz CT molecular complexity index is 1800. The van der Waals surface area contributed by atoms with Gasteiger partial charge in [-0.15, -0.1) is 0 Å². The monoisotopic (exact) mass is 1450 g/mol. The van der Waals surface area contributed by atoms with Crippen LogP contribution in [0.1, 0.15) is 0 Å². The first-order chi connectivity index (χ1) is 47.7. The molecule has 574 valence electrons. The Morgan fingerprint density at radius 3 is 0.327 bits per heavy atom.